The van der Waals surface area contributed by atoms with E-state index in [1.807, 2.05) is 41.3 Å². The first-order chi connectivity index (χ1) is 12.8. The van der Waals surface area contributed by atoms with E-state index in [1.165, 1.54) is 0 Å². The molecule has 26 heavy (non-hydrogen) atoms. The number of hydrogen-bond acceptors (Lipinski definition) is 5. The quantitative estimate of drug-likeness (QED) is 0.757. The third kappa shape index (κ3) is 3.56. The molecule has 1 amide bonds. The Labute approximate surface area is 151 Å². The second-order valence-electron chi connectivity index (χ2n) is 6.39. The number of aromatic nitrogens is 4. The van der Waals surface area contributed by atoms with E-state index < -0.39 is 0 Å². The molecule has 3 aromatic rings. The molecule has 1 aliphatic rings. The molecule has 2 aromatic heterocycles. The molecule has 0 saturated carbocycles. The first-order valence-electron chi connectivity index (χ1n) is 8.72. The maximum atomic E-state index is 12.8. The van der Waals surface area contributed by atoms with E-state index in [1.54, 1.807) is 18.6 Å². The Balaban J connectivity index is 1.43. The Bertz CT molecular complexity index is 848. The molecule has 2 N–H and O–H groups in total. The van der Waals surface area contributed by atoms with Crippen LogP contribution < -0.4 is 5.32 Å². The van der Waals surface area contributed by atoms with Gasteiger partial charge in [-0.1, -0.05) is 18.2 Å². The Morgan fingerprint density at radius 2 is 1.96 bits per heavy atom. The van der Waals surface area contributed by atoms with Crippen molar-refractivity contribution in [3.63, 3.8) is 0 Å². The molecule has 132 valence electrons. The van der Waals surface area contributed by atoms with Crippen molar-refractivity contribution >= 4 is 17.5 Å². The number of nitrogens with zero attached hydrogens (tertiary/aromatic N) is 4. The van der Waals surface area contributed by atoms with Crippen LogP contribution in [0.2, 0.25) is 0 Å². The van der Waals surface area contributed by atoms with E-state index in [0.717, 1.165) is 30.8 Å². The van der Waals surface area contributed by atoms with Crippen LogP contribution in [-0.2, 0) is 0 Å². The van der Waals surface area contributed by atoms with Gasteiger partial charge in [0.05, 0.1) is 5.56 Å². The molecule has 3 heterocycles. The third-order valence-corrected chi connectivity index (χ3v) is 4.60. The fourth-order valence-electron chi connectivity index (χ4n) is 3.25. The van der Waals surface area contributed by atoms with Gasteiger partial charge in [-0.25, -0.2) is 9.97 Å². The van der Waals surface area contributed by atoms with Gasteiger partial charge < -0.3 is 10.2 Å². The van der Waals surface area contributed by atoms with Gasteiger partial charge in [-0.15, -0.1) is 0 Å². The van der Waals surface area contributed by atoms with Gasteiger partial charge in [-0.3, -0.25) is 9.89 Å². The lowest BCUT2D eigenvalue weighted by Crippen LogP contribution is -2.39. The highest BCUT2D eigenvalue weighted by Gasteiger charge is 2.26. The van der Waals surface area contributed by atoms with Crippen LogP contribution in [0.1, 0.15) is 34.8 Å². The van der Waals surface area contributed by atoms with Crippen molar-refractivity contribution in [3.05, 3.63) is 66.2 Å². The van der Waals surface area contributed by atoms with Gasteiger partial charge in [0.2, 0.25) is 5.95 Å². The zero-order chi connectivity index (χ0) is 17.8. The van der Waals surface area contributed by atoms with Crippen LogP contribution in [0.25, 0.3) is 0 Å². The maximum Gasteiger partial charge on any atom is 0.257 e. The van der Waals surface area contributed by atoms with Crippen LogP contribution in [0.15, 0.2) is 55.0 Å². The van der Waals surface area contributed by atoms with Crippen molar-refractivity contribution in [1.29, 1.82) is 0 Å². The standard InChI is InChI=1S/C19H20N6O/c26-18(25-10-4-5-14(13-25)17-8-9-22-24-17)15-11-20-19(21-12-15)23-16-6-2-1-3-7-16/h1-3,6-9,11-12,14H,4-5,10,13H2,(H,22,24)(H,20,21,23). The number of aromatic amines is 1. The monoisotopic (exact) mass is 348 g/mol. The molecule has 0 spiro atoms. The number of para-hydroxylation sites is 1. The maximum absolute atomic E-state index is 12.8. The van der Waals surface area contributed by atoms with Crippen LogP contribution >= 0.6 is 0 Å². The fraction of sp³-hybridized carbons (Fsp3) is 0.263. The molecule has 1 aliphatic heterocycles. The molecule has 1 aromatic carbocycles. The van der Waals surface area contributed by atoms with E-state index in [0.29, 0.717) is 24.0 Å². The highest BCUT2D eigenvalue weighted by Crippen LogP contribution is 2.26. The first-order valence-corrected chi connectivity index (χ1v) is 8.72. The highest BCUT2D eigenvalue weighted by atomic mass is 16.2. The Kier molecular flexibility index (Phi) is 4.59. The van der Waals surface area contributed by atoms with Crippen molar-refractivity contribution in [1.82, 2.24) is 25.1 Å². The van der Waals surface area contributed by atoms with Crippen LogP contribution in [0, 0.1) is 0 Å². The Morgan fingerprint density at radius 3 is 2.69 bits per heavy atom. The molecule has 0 bridgehead atoms. The molecular formula is C19H20N6O. The molecule has 7 nitrogen and oxygen atoms in total. The molecule has 7 heteroatoms. The van der Waals surface area contributed by atoms with Crippen molar-refractivity contribution < 1.29 is 4.79 Å². The number of carbonyl (C=O) groups excluding carboxylic acids is 1. The minimum absolute atomic E-state index is 0.0273. The number of carbonyl (C=O) groups is 1. The van der Waals surface area contributed by atoms with Crippen LogP contribution in [0.5, 0.6) is 0 Å². The summed E-state index contributed by atoms with van der Waals surface area (Å²) in [5.74, 6) is 0.748. The average Bonchev–Trinajstić information content (AvgIpc) is 3.24. The van der Waals surface area contributed by atoms with Gasteiger partial charge >= 0.3 is 0 Å². The van der Waals surface area contributed by atoms with E-state index in [9.17, 15) is 4.79 Å². The third-order valence-electron chi connectivity index (χ3n) is 4.60. The fourth-order valence-corrected chi connectivity index (χ4v) is 3.25. The van der Waals surface area contributed by atoms with E-state index >= 15 is 0 Å². The number of anilines is 2. The van der Waals surface area contributed by atoms with Crippen LogP contribution in [0.3, 0.4) is 0 Å². The minimum Gasteiger partial charge on any atom is -0.338 e. The van der Waals surface area contributed by atoms with Gasteiger partial charge in [0.15, 0.2) is 0 Å². The summed E-state index contributed by atoms with van der Waals surface area (Å²) in [6, 6.07) is 11.7. The van der Waals surface area contributed by atoms with Gasteiger partial charge in [0.25, 0.3) is 5.91 Å². The normalized spacial score (nSPS) is 17.1. The molecule has 1 saturated heterocycles. The molecule has 0 radical (unpaired) electrons. The Hall–Kier alpha value is -3.22. The summed E-state index contributed by atoms with van der Waals surface area (Å²) < 4.78 is 0. The van der Waals surface area contributed by atoms with Crippen molar-refractivity contribution in [2.24, 2.45) is 0 Å². The summed E-state index contributed by atoms with van der Waals surface area (Å²) in [7, 11) is 0. The lowest BCUT2D eigenvalue weighted by Gasteiger charge is -2.32. The summed E-state index contributed by atoms with van der Waals surface area (Å²) >= 11 is 0. The van der Waals surface area contributed by atoms with Gasteiger partial charge in [-0.05, 0) is 31.0 Å². The predicted octanol–water partition coefficient (Wildman–Crippen LogP) is 2.96. The zero-order valence-corrected chi connectivity index (χ0v) is 14.3. The highest BCUT2D eigenvalue weighted by molar-refractivity contribution is 5.93. The smallest absolute Gasteiger partial charge is 0.257 e. The second kappa shape index (κ2) is 7.35. The molecule has 1 fully saturated rings. The number of hydrogen-bond donors (Lipinski definition) is 2. The van der Waals surface area contributed by atoms with E-state index in [4.69, 9.17) is 0 Å². The molecule has 1 unspecified atom stereocenters. The second-order valence-corrected chi connectivity index (χ2v) is 6.39. The Morgan fingerprint density at radius 1 is 1.15 bits per heavy atom. The average molecular weight is 348 g/mol. The van der Waals surface area contributed by atoms with Crippen LogP contribution in [0.4, 0.5) is 11.6 Å². The zero-order valence-electron chi connectivity index (χ0n) is 14.3. The summed E-state index contributed by atoms with van der Waals surface area (Å²) in [4.78, 5) is 23.2. The molecule has 0 aliphatic carbocycles. The van der Waals surface area contributed by atoms with E-state index in [2.05, 4.69) is 25.5 Å². The first kappa shape index (κ1) is 16.3. The van der Waals surface area contributed by atoms with Crippen molar-refractivity contribution in [3.8, 4) is 0 Å². The molecular weight excluding hydrogens is 328 g/mol. The number of nitrogens with one attached hydrogen (secondary N) is 2. The lowest BCUT2D eigenvalue weighted by atomic mass is 9.94. The summed E-state index contributed by atoms with van der Waals surface area (Å²) in [5, 5.41) is 10.1. The predicted molar refractivity (Wildman–Crippen MR) is 98.2 cm³/mol. The molecule has 1 atom stereocenters. The number of rotatable bonds is 4. The van der Waals surface area contributed by atoms with Crippen molar-refractivity contribution in [2.75, 3.05) is 18.4 Å². The van der Waals surface area contributed by atoms with Gasteiger partial charge in [0.1, 0.15) is 0 Å². The largest absolute Gasteiger partial charge is 0.338 e. The number of piperidine rings is 1. The summed E-state index contributed by atoms with van der Waals surface area (Å²) in [6.07, 6.45) is 6.95. The number of likely N-dealkylation sites (tertiary alicyclic amines) is 1. The summed E-state index contributed by atoms with van der Waals surface area (Å²) in [6.45, 7) is 1.44. The van der Waals surface area contributed by atoms with Gasteiger partial charge in [-0.2, -0.15) is 5.10 Å². The topological polar surface area (TPSA) is 86.8 Å². The number of benzene rings is 1. The molecule has 4 rings (SSSR count). The number of H-pyrrole nitrogens is 1. The SMILES string of the molecule is O=C(c1cnc(Nc2ccccc2)nc1)N1CCCC(c2ccn[nH]2)C1. The lowest BCUT2D eigenvalue weighted by molar-refractivity contribution is 0.0705. The van der Waals surface area contributed by atoms with Crippen LogP contribution in [-0.4, -0.2) is 44.1 Å². The van der Waals surface area contributed by atoms with Crippen molar-refractivity contribution in [2.45, 2.75) is 18.8 Å². The van der Waals surface area contributed by atoms with E-state index in [-0.39, 0.29) is 5.91 Å². The van der Waals surface area contributed by atoms with Gasteiger partial charge in [0, 0.05) is 49.0 Å². The minimum atomic E-state index is -0.0273. The summed E-state index contributed by atoms with van der Waals surface area (Å²) in [5.41, 5.74) is 2.50. The number of amides is 1.